The van der Waals surface area contributed by atoms with Crippen LogP contribution in [0.2, 0.25) is 0 Å². The van der Waals surface area contributed by atoms with Crippen LogP contribution in [0.25, 0.3) is 0 Å². The third-order valence-electron chi connectivity index (χ3n) is 9.55. The Balaban J connectivity index is 1.41. The summed E-state index contributed by atoms with van der Waals surface area (Å²) < 4.78 is 18.0. The molecule has 0 unspecified atom stereocenters. The summed E-state index contributed by atoms with van der Waals surface area (Å²) in [6.07, 6.45) is -10.1. The smallest absolute Gasteiger partial charge is 0.302 e. The minimum Gasteiger partial charge on any atom is -0.486 e. The minimum atomic E-state index is -1.92. The Hall–Kier alpha value is -5.73. The van der Waals surface area contributed by atoms with Crippen molar-refractivity contribution in [2.45, 2.75) is 56.3 Å². The SMILES string of the molecule is NC1=NC(=O)C2=NCN(c3ccccc3Cc3cc4c(c(OC[C@H](O)CC=O)c3O[C@H]3O[C@@H](CO)[C@H](O)[C@@H](O)[C@@H]3O)C(=O)c3cc(CO)ccc3C4=O)C2=N1. The average Bonchev–Trinajstić information content (AvgIpc) is 3.60. The first-order chi connectivity index (χ1) is 26.4. The van der Waals surface area contributed by atoms with Gasteiger partial charge in [0.15, 0.2) is 34.6 Å². The number of para-hydroxylation sites is 1. The van der Waals surface area contributed by atoms with Crippen molar-refractivity contribution in [2.75, 3.05) is 24.8 Å². The number of aliphatic hydroxyl groups is 6. The molecule has 1 aliphatic carbocycles. The molecule has 0 bridgehead atoms. The van der Waals surface area contributed by atoms with E-state index in [1.807, 2.05) is 0 Å². The zero-order valence-corrected chi connectivity index (χ0v) is 28.8. The maximum atomic E-state index is 14.3. The number of amides is 1. The summed E-state index contributed by atoms with van der Waals surface area (Å²) in [5.41, 5.74) is 6.88. The van der Waals surface area contributed by atoms with Gasteiger partial charge in [0, 0.05) is 40.8 Å². The molecule has 3 heterocycles. The largest absolute Gasteiger partial charge is 0.486 e. The molecule has 8 N–H and O–H groups in total. The van der Waals surface area contributed by atoms with Crippen LogP contribution in [0.1, 0.15) is 55.0 Å². The third kappa shape index (κ3) is 6.80. The van der Waals surface area contributed by atoms with Gasteiger partial charge in [0.25, 0.3) is 0 Å². The number of nitrogens with two attached hydrogens (primary N) is 1. The molecule has 18 nitrogen and oxygen atoms in total. The first-order valence-electron chi connectivity index (χ1n) is 17.1. The van der Waals surface area contributed by atoms with Gasteiger partial charge in [0.2, 0.25) is 12.2 Å². The molecule has 0 saturated carbocycles. The summed E-state index contributed by atoms with van der Waals surface area (Å²) in [6.45, 7) is -1.82. The number of benzene rings is 3. The second kappa shape index (κ2) is 15.2. The molecule has 3 aromatic carbocycles. The van der Waals surface area contributed by atoms with E-state index in [4.69, 9.17) is 19.9 Å². The number of rotatable bonds is 12. The Morgan fingerprint density at radius 2 is 1.71 bits per heavy atom. The number of carbonyl (C=O) groups excluding carboxylic acids is 4. The van der Waals surface area contributed by atoms with E-state index < -0.39 is 74.1 Å². The number of aliphatic imine (C=N–C) groups is 3. The van der Waals surface area contributed by atoms with Crippen molar-refractivity contribution < 1.29 is 64.0 Å². The molecule has 18 heteroatoms. The summed E-state index contributed by atoms with van der Waals surface area (Å²) in [5.74, 6) is -2.76. The van der Waals surface area contributed by atoms with Gasteiger partial charge in [-0.15, -0.1) is 0 Å². The van der Waals surface area contributed by atoms with Crippen molar-refractivity contribution in [3.63, 3.8) is 0 Å². The highest BCUT2D eigenvalue weighted by molar-refractivity contribution is 6.72. The predicted octanol–water partition coefficient (Wildman–Crippen LogP) is -1.48. The second-order valence-electron chi connectivity index (χ2n) is 13.1. The number of aliphatic hydroxyl groups excluding tert-OH is 6. The van der Waals surface area contributed by atoms with Crippen LogP contribution in [-0.2, 0) is 27.4 Å². The van der Waals surface area contributed by atoms with Gasteiger partial charge >= 0.3 is 5.91 Å². The van der Waals surface area contributed by atoms with Gasteiger partial charge in [0.05, 0.1) is 24.9 Å². The molecule has 0 spiro atoms. The van der Waals surface area contributed by atoms with Crippen LogP contribution in [0, 0.1) is 0 Å². The number of amidine groups is 1. The van der Waals surface area contributed by atoms with E-state index in [1.165, 1.54) is 24.3 Å². The van der Waals surface area contributed by atoms with Gasteiger partial charge in [-0.05, 0) is 35.4 Å². The van der Waals surface area contributed by atoms with Crippen LogP contribution < -0.4 is 20.1 Å². The number of anilines is 1. The fourth-order valence-corrected chi connectivity index (χ4v) is 6.78. The molecule has 1 fully saturated rings. The van der Waals surface area contributed by atoms with Crippen molar-refractivity contribution >= 4 is 47.0 Å². The van der Waals surface area contributed by atoms with E-state index >= 15 is 0 Å². The normalized spacial score (nSPS) is 23.6. The molecule has 1 amide bonds. The number of carbonyl (C=O) groups is 4. The summed E-state index contributed by atoms with van der Waals surface area (Å²) in [4.78, 5) is 66.2. The van der Waals surface area contributed by atoms with Gasteiger partial charge in [0.1, 0.15) is 44.0 Å². The number of guanidine groups is 1. The summed E-state index contributed by atoms with van der Waals surface area (Å²) in [5, 5.41) is 62.3. The van der Waals surface area contributed by atoms with Gasteiger partial charge in [-0.1, -0.05) is 24.3 Å². The van der Waals surface area contributed by atoms with Gasteiger partial charge < -0.3 is 60.3 Å². The van der Waals surface area contributed by atoms with Gasteiger partial charge in [-0.2, -0.15) is 9.98 Å². The Bertz CT molecular complexity index is 2180. The Labute approximate surface area is 311 Å². The zero-order chi connectivity index (χ0) is 39.1. The first-order valence-corrected chi connectivity index (χ1v) is 17.1. The second-order valence-corrected chi connectivity index (χ2v) is 13.1. The molecule has 3 aromatic rings. The number of hydrogen-bond donors (Lipinski definition) is 7. The molecule has 0 aromatic heterocycles. The highest BCUT2D eigenvalue weighted by atomic mass is 16.7. The lowest BCUT2D eigenvalue weighted by atomic mass is 9.81. The number of fused-ring (bicyclic) bond motifs is 3. The third-order valence-corrected chi connectivity index (χ3v) is 9.55. The van der Waals surface area contributed by atoms with Crippen LogP contribution in [-0.4, -0.2) is 129 Å². The Morgan fingerprint density at radius 3 is 2.45 bits per heavy atom. The van der Waals surface area contributed by atoms with Crippen molar-refractivity contribution in [2.24, 2.45) is 20.7 Å². The lowest BCUT2D eigenvalue weighted by Gasteiger charge is -2.40. The van der Waals surface area contributed by atoms with Crippen molar-refractivity contribution in [1.82, 2.24) is 0 Å². The summed E-state index contributed by atoms with van der Waals surface area (Å²) >= 11 is 0. The maximum absolute atomic E-state index is 14.3. The monoisotopic (exact) mass is 757 g/mol. The van der Waals surface area contributed by atoms with E-state index in [0.717, 1.165) is 0 Å². The number of ketones is 2. The summed E-state index contributed by atoms with van der Waals surface area (Å²) in [7, 11) is 0. The van der Waals surface area contributed by atoms with Crippen molar-refractivity contribution in [3.05, 3.63) is 87.5 Å². The standard InChI is InChI=1S/C37H35N5O13/c38-37-40-34-26(35(52)41-37)39-15-42(34)23-4-2-1-3-17(23)10-18-11-22-25(28(48)21-9-16(12-44)5-6-20(21)27(22)47)33(53-14-19(46)7-8-43)32(18)55-36-31(51)30(50)29(49)24(13-45)54-36/h1-6,8-9,11,19,24,29-31,36,44-46,49-51H,7,10,12-15H2,(H2,38,41,52)/t19-,24+,29+,30-,31+,36-/m1/s1. The highest BCUT2D eigenvalue weighted by Gasteiger charge is 2.46. The fraction of sp³-hybridized carbons (Fsp3) is 0.324. The lowest BCUT2D eigenvalue weighted by molar-refractivity contribution is -0.277. The molecular formula is C37H35N5O13. The van der Waals surface area contributed by atoms with Crippen LogP contribution in [0.15, 0.2) is 63.5 Å². The van der Waals surface area contributed by atoms with Gasteiger partial charge in [-0.3, -0.25) is 19.4 Å². The number of hydrogen-bond acceptors (Lipinski definition) is 17. The highest BCUT2D eigenvalue weighted by Crippen LogP contribution is 2.45. The molecule has 3 aliphatic heterocycles. The van der Waals surface area contributed by atoms with Gasteiger partial charge in [-0.25, -0.2) is 0 Å². The zero-order valence-electron chi connectivity index (χ0n) is 28.8. The quantitative estimate of drug-likeness (QED) is 0.0812. The topological polar surface area (TPSA) is 284 Å². The number of ether oxygens (including phenoxy) is 3. The van der Waals surface area contributed by atoms with Crippen molar-refractivity contribution in [3.8, 4) is 11.5 Å². The molecule has 286 valence electrons. The first kappa shape index (κ1) is 37.6. The maximum Gasteiger partial charge on any atom is 0.302 e. The molecule has 1 saturated heterocycles. The van der Waals surface area contributed by atoms with E-state index in [9.17, 15) is 49.8 Å². The van der Waals surface area contributed by atoms with Crippen LogP contribution >= 0.6 is 0 Å². The van der Waals surface area contributed by atoms with E-state index in [1.54, 1.807) is 29.2 Å². The van der Waals surface area contributed by atoms with Crippen LogP contribution in [0.5, 0.6) is 11.5 Å². The molecule has 55 heavy (non-hydrogen) atoms. The number of aldehydes is 1. The van der Waals surface area contributed by atoms with Crippen LogP contribution in [0.4, 0.5) is 5.69 Å². The Kier molecular flexibility index (Phi) is 10.4. The molecule has 7 rings (SSSR count). The van der Waals surface area contributed by atoms with E-state index in [0.29, 0.717) is 23.1 Å². The molecule has 4 aliphatic rings. The van der Waals surface area contributed by atoms with E-state index in [-0.39, 0.29) is 76.3 Å². The van der Waals surface area contributed by atoms with Crippen molar-refractivity contribution in [1.29, 1.82) is 0 Å². The average molecular weight is 758 g/mol. The molecule has 6 atom stereocenters. The molecular weight excluding hydrogens is 722 g/mol. The Morgan fingerprint density at radius 1 is 0.927 bits per heavy atom. The van der Waals surface area contributed by atoms with E-state index in [2.05, 4.69) is 15.0 Å². The number of nitrogens with zero attached hydrogens (tertiary/aromatic N) is 4. The van der Waals surface area contributed by atoms with Crippen LogP contribution in [0.3, 0.4) is 0 Å². The minimum absolute atomic E-state index is 0.00104. The fourth-order valence-electron chi connectivity index (χ4n) is 6.78. The summed E-state index contributed by atoms with van der Waals surface area (Å²) in [6, 6.07) is 12.5. The molecule has 0 radical (unpaired) electrons. The lowest BCUT2D eigenvalue weighted by Crippen LogP contribution is -2.60. The predicted molar refractivity (Wildman–Crippen MR) is 190 cm³/mol.